The Balaban J connectivity index is 1.37. The van der Waals surface area contributed by atoms with E-state index < -0.39 is 0 Å². The molecule has 7 heteroatoms. The number of fused-ring (bicyclic) bond motifs is 4. The Bertz CT molecular complexity index is 1660. The van der Waals surface area contributed by atoms with Crippen molar-refractivity contribution in [3.05, 3.63) is 101 Å². The van der Waals surface area contributed by atoms with Crippen LogP contribution in [0.4, 0.5) is 4.39 Å². The van der Waals surface area contributed by atoms with Crippen molar-refractivity contribution >= 4 is 27.5 Å². The van der Waals surface area contributed by atoms with Crippen molar-refractivity contribution in [3.63, 3.8) is 0 Å². The maximum absolute atomic E-state index is 13.6. The van der Waals surface area contributed by atoms with Crippen LogP contribution < -0.4 is 5.56 Å². The molecule has 0 aliphatic heterocycles. The minimum Gasteiger partial charge on any atom is -0.361 e. The quantitative estimate of drug-likeness (QED) is 0.452. The Morgan fingerprint density at radius 1 is 1.00 bits per heavy atom. The molecule has 4 heterocycles. The lowest BCUT2D eigenvalue weighted by Gasteiger charge is -2.08. The van der Waals surface area contributed by atoms with Crippen molar-refractivity contribution in [2.75, 3.05) is 0 Å². The van der Waals surface area contributed by atoms with Crippen molar-refractivity contribution < 1.29 is 4.39 Å². The van der Waals surface area contributed by atoms with Gasteiger partial charge in [-0.3, -0.25) is 4.79 Å². The largest absolute Gasteiger partial charge is 0.361 e. The molecule has 0 amide bonds. The molecule has 6 rings (SSSR count). The highest BCUT2D eigenvalue weighted by Gasteiger charge is 2.13. The van der Waals surface area contributed by atoms with E-state index in [1.165, 1.54) is 12.1 Å². The van der Waals surface area contributed by atoms with Crippen molar-refractivity contribution in [2.45, 2.75) is 13.0 Å². The van der Waals surface area contributed by atoms with Gasteiger partial charge in [0.05, 0.1) is 17.1 Å². The first-order chi connectivity index (χ1) is 15.7. The van der Waals surface area contributed by atoms with Crippen molar-refractivity contribution in [2.24, 2.45) is 0 Å². The molecule has 32 heavy (non-hydrogen) atoms. The molecule has 1 N–H and O–H groups in total. The smallest absolute Gasteiger partial charge is 0.261 e. The zero-order valence-electron chi connectivity index (χ0n) is 17.0. The van der Waals surface area contributed by atoms with E-state index in [0.29, 0.717) is 29.5 Å². The fourth-order valence-corrected chi connectivity index (χ4v) is 4.25. The molecule has 0 unspecified atom stereocenters. The summed E-state index contributed by atoms with van der Waals surface area (Å²) in [5.74, 6) is -0.273. The molecule has 6 aromatic rings. The van der Waals surface area contributed by atoms with E-state index >= 15 is 0 Å². The van der Waals surface area contributed by atoms with Gasteiger partial charge in [-0.2, -0.15) is 5.10 Å². The average Bonchev–Trinajstić information content (AvgIpc) is 3.43. The Morgan fingerprint density at radius 2 is 1.88 bits per heavy atom. The summed E-state index contributed by atoms with van der Waals surface area (Å²) in [6.07, 6.45) is 7.65. The molecule has 2 aromatic carbocycles. The molecule has 0 bridgehead atoms. The number of hydrogen-bond donors (Lipinski definition) is 1. The van der Waals surface area contributed by atoms with Crippen LogP contribution in [-0.2, 0) is 13.0 Å². The van der Waals surface area contributed by atoms with Crippen molar-refractivity contribution in [1.82, 2.24) is 24.1 Å². The predicted octanol–water partition coefficient (Wildman–Crippen LogP) is 4.57. The zero-order chi connectivity index (χ0) is 21.7. The second kappa shape index (κ2) is 7.16. The van der Waals surface area contributed by atoms with Crippen LogP contribution in [0.15, 0.2) is 84.2 Å². The van der Waals surface area contributed by atoms with Crippen LogP contribution in [0.3, 0.4) is 0 Å². The fraction of sp³-hybridized carbons (Fsp3) is 0.0800. The lowest BCUT2D eigenvalue weighted by molar-refractivity contribution is 0.629. The minimum absolute atomic E-state index is 0.125. The molecular formula is C25H18FN5O. The van der Waals surface area contributed by atoms with Gasteiger partial charge in [0.2, 0.25) is 0 Å². The Kier molecular flexibility index (Phi) is 4.14. The van der Waals surface area contributed by atoms with Crippen molar-refractivity contribution in [1.29, 1.82) is 0 Å². The molecule has 156 valence electrons. The van der Waals surface area contributed by atoms with Gasteiger partial charge in [0.25, 0.3) is 5.56 Å². The number of pyridine rings is 1. The van der Waals surface area contributed by atoms with Gasteiger partial charge in [0.15, 0.2) is 5.65 Å². The van der Waals surface area contributed by atoms with Gasteiger partial charge < -0.3 is 9.55 Å². The highest BCUT2D eigenvalue weighted by atomic mass is 19.1. The molecule has 0 fully saturated rings. The van der Waals surface area contributed by atoms with E-state index in [9.17, 15) is 9.18 Å². The maximum atomic E-state index is 13.6. The van der Waals surface area contributed by atoms with Crippen LogP contribution in [-0.4, -0.2) is 24.1 Å². The highest BCUT2D eigenvalue weighted by molar-refractivity contribution is 5.85. The van der Waals surface area contributed by atoms with Crippen LogP contribution in [0.2, 0.25) is 0 Å². The molecule has 0 saturated carbocycles. The number of benzene rings is 2. The van der Waals surface area contributed by atoms with E-state index in [-0.39, 0.29) is 11.4 Å². The fourth-order valence-electron chi connectivity index (χ4n) is 4.25. The molecule has 0 aliphatic rings. The summed E-state index contributed by atoms with van der Waals surface area (Å²) in [5, 5.41) is 5.84. The first kappa shape index (κ1) is 18.5. The second-order valence-electron chi connectivity index (χ2n) is 7.78. The van der Waals surface area contributed by atoms with Crippen LogP contribution in [0.1, 0.15) is 5.56 Å². The van der Waals surface area contributed by atoms with Gasteiger partial charge in [0, 0.05) is 41.6 Å². The van der Waals surface area contributed by atoms with E-state index in [2.05, 4.69) is 15.1 Å². The number of aromatic nitrogens is 5. The Hall–Kier alpha value is -4.26. The third-order valence-corrected chi connectivity index (χ3v) is 5.90. The first-order valence-corrected chi connectivity index (χ1v) is 10.4. The zero-order valence-corrected chi connectivity index (χ0v) is 17.0. The third-order valence-electron chi connectivity index (χ3n) is 5.90. The Labute approximate surface area is 181 Å². The van der Waals surface area contributed by atoms with E-state index in [1.807, 2.05) is 42.6 Å². The monoisotopic (exact) mass is 423 g/mol. The number of nitrogens with zero attached hydrogens (tertiary/aromatic N) is 4. The summed E-state index contributed by atoms with van der Waals surface area (Å²) in [6.45, 7) is 0.477. The highest BCUT2D eigenvalue weighted by Crippen LogP contribution is 2.25. The van der Waals surface area contributed by atoms with Gasteiger partial charge in [-0.15, -0.1) is 0 Å². The standard InChI is InChI=1S/C25H18FN5O/c26-18-6-7-22-19(12-18)17(13-27-22)8-10-30-11-9-23-21(25(30)32)14-28-24-20(15-29-31(23)24)16-4-2-1-3-5-16/h1-7,9,11-15,27H,8,10H2. The van der Waals surface area contributed by atoms with Gasteiger partial charge in [-0.05, 0) is 41.8 Å². The lowest BCUT2D eigenvalue weighted by Crippen LogP contribution is -2.21. The normalized spacial score (nSPS) is 11.7. The summed E-state index contributed by atoms with van der Waals surface area (Å²) in [4.78, 5) is 20.8. The number of H-pyrrole nitrogens is 1. The number of aromatic amines is 1. The topological polar surface area (TPSA) is 68.0 Å². The second-order valence-corrected chi connectivity index (χ2v) is 7.78. The lowest BCUT2D eigenvalue weighted by atomic mass is 10.1. The third kappa shape index (κ3) is 2.90. The first-order valence-electron chi connectivity index (χ1n) is 10.4. The number of aryl methyl sites for hydroxylation is 2. The van der Waals surface area contributed by atoms with Crippen LogP contribution >= 0.6 is 0 Å². The van der Waals surface area contributed by atoms with Crippen LogP contribution in [0.5, 0.6) is 0 Å². The summed E-state index contributed by atoms with van der Waals surface area (Å²) in [6, 6.07) is 16.5. The number of halogens is 1. The summed E-state index contributed by atoms with van der Waals surface area (Å²) >= 11 is 0. The van der Waals surface area contributed by atoms with Crippen LogP contribution in [0.25, 0.3) is 38.6 Å². The molecule has 0 aliphatic carbocycles. The van der Waals surface area contributed by atoms with E-state index in [0.717, 1.165) is 27.6 Å². The van der Waals surface area contributed by atoms with Gasteiger partial charge in [-0.1, -0.05) is 30.3 Å². The molecule has 0 saturated heterocycles. The van der Waals surface area contributed by atoms with Gasteiger partial charge >= 0.3 is 0 Å². The molecule has 6 nitrogen and oxygen atoms in total. The molecule has 0 atom stereocenters. The summed E-state index contributed by atoms with van der Waals surface area (Å²) in [7, 11) is 0. The number of hydrogen-bond acceptors (Lipinski definition) is 3. The van der Waals surface area contributed by atoms with Crippen molar-refractivity contribution in [3.8, 4) is 11.1 Å². The summed E-state index contributed by atoms with van der Waals surface area (Å²) in [5.41, 5.74) is 5.10. The molecular weight excluding hydrogens is 405 g/mol. The van der Waals surface area contributed by atoms with E-state index in [4.69, 9.17) is 0 Å². The average molecular weight is 423 g/mol. The minimum atomic E-state index is -0.273. The molecule has 0 radical (unpaired) electrons. The van der Waals surface area contributed by atoms with Gasteiger partial charge in [0.1, 0.15) is 5.82 Å². The van der Waals surface area contributed by atoms with Crippen LogP contribution in [0, 0.1) is 5.82 Å². The number of nitrogens with one attached hydrogen (secondary N) is 1. The van der Waals surface area contributed by atoms with Gasteiger partial charge in [-0.25, -0.2) is 13.9 Å². The maximum Gasteiger partial charge on any atom is 0.261 e. The Morgan fingerprint density at radius 3 is 2.75 bits per heavy atom. The molecule has 4 aromatic heterocycles. The predicted molar refractivity (Wildman–Crippen MR) is 122 cm³/mol. The SMILES string of the molecule is O=c1c2cnc3c(-c4ccccc4)cnn3c2ccn1CCc1c[nH]c2ccc(F)cc12. The van der Waals surface area contributed by atoms with E-state index in [1.54, 1.807) is 33.7 Å². The number of rotatable bonds is 4. The summed E-state index contributed by atoms with van der Waals surface area (Å²) < 4.78 is 17.0. The molecule has 0 spiro atoms.